The summed E-state index contributed by atoms with van der Waals surface area (Å²) in [5.41, 5.74) is 0.689. The molecule has 1 aromatic heterocycles. The molecule has 2 heterocycles. The molecular weight excluding hydrogens is 384 g/mol. The Kier molecular flexibility index (Phi) is 8.12. The number of para-hydroxylation sites is 1. The molecule has 0 aliphatic carbocycles. The first-order chi connectivity index (χ1) is 14.1. The Balaban J connectivity index is 1.77. The molecule has 6 nitrogen and oxygen atoms in total. The number of aromatic nitrogens is 2. The maximum atomic E-state index is 13.1. The normalized spacial score (nSPS) is 15.0. The predicted molar refractivity (Wildman–Crippen MR) is 120 cm³/mol. The van der Waals surface area contributed by atoms with Crippen LogP contribution in [0, 0.1) is 0 Å². The standard InChI is InChI=1S/C22H32N4O2S/c1-3-25(4-2)20(27)17-29-22-23-19-12-7-6-11-18(19)21(28)26(22)16-10-15-24-13-8-5-9-14-24/h6-7,11-12H,3-5,8-10,13-17H2,1-2H3. The minimum atomic E-state index is -0.00738. The molecule has 1 aliphatic heterocycles. The number of likely N-dealkylation sites (tertiary alicyclic amines) is 1. The van der Waals surface area contributed by atoms with E-state index in [4.69, 9.17) is 4.98 Å². The summed E-state index contributed by atoms with van der Waals surface area (Å²) >= 11 is 1.38. The lowest BCUT2D eigenvalue weighted by Crippen LogP contribution is -2.33. The number of carbonyl (C=O) groups excluding carboxylic acids is 1. The minimum absolute atomic E-state index is 0.00738. The van der Waals surface area contributed by atoms with Gasteiger partial charge in [0.25, 0.3) is 5.56 Å². The Morgan fingerprint density at radius 1 is 1.10 bits per heavy atom. The lowest BCUT2D eigenvalue weighted by atomic mass is 10.1. The molecule has 1 aromatic carbocycles. The topological polar surface area (TPSA) is 58.4 Å². The Labute approximate surface area is 177 Å². The van der Waals surface area contributed by atoms with Crippen LogP contribution in [0.3, 0.4) is 0 Å². The second kappa shape index (κ2) is 10.8. The van der Waals surface area contributed by atoms with Crippen molar-refractivity contribution in [3.05, 3.63) is 34.6 Å². The van der Waals surface area contributed by atoms with Crippen LogP contribution in [-0.4, -0.2) is 63.7 Å². The lowest BCUT2D eigenvalue weighted by molar-refractivity contribution is -0.127. The van der Waals surface area contributed by atoms with E-state index in [-0.39, 0.29) is 11.5 Å². The van der Waals surface area contributed by atoms with Crippen molar-refractivity contribution in [2.45, 2.75) is 51.2 Å². The summed E-state index contributed by atoms with van der Waals surface area (Å²) in [6.07, 6.45) is 4.78. The zero-order valence-corrected chi connectivity index (χ0v) is 18.4. The molecule has 1 fully saturated rings. The lowest BCUT2D eigenvalue weighted by Gasteiger charge is -2.26. The number of hydrogen-bond donors (Lipinski definition) is 0. The van der Waals surface area contributed by atoms with E-state index < -0.39 is 0 Å². The second-order valence-electron chi connectivity index (χ2n) is 7.48. The van der Waals surface area contributed by atoms with Gasteiger partial charge in [-0.25, -0.2) is 4.98 Å². The first-order valence-corrected chi connectivity index (χ1v) is 11.7. The van der Waals surface area contributed by atoms with E-state index in [1.165, 1.54) is 31.0 Å². The number of piperidine rings is 1. The van der Waals surface area contributed by atoms with Crippen molar-refractivity contribution < 1.29 is 4.79 Å². The molecule has 0 bridgehead atoms. The third-order valence-corrected chi connectivity index (χ3v) is 6.53. The molecule has 1 amide bonds. The minimum Gasteiger partial charge on any atom is -0.343 e. The van der Waals surface area contributed by atoms with Gasteiger partial charge in [0.2, 0.25) is 5.91 Å². The largest absolute Gasteiger partial charge is 0.343 e. The van der Waals surface area contributed by atoms with Gasteiger partial charge in [0.1, 0.15) is 0 Å². The summed E-state index contributed by atoms with van der Waals surface area (Å²) < 4.78 is 1.77. The molecule has 0 saturated carbocycles. The molecule has 29 heavy (non-hydrogen) atoms. The average Bonchev–Trinajstić information content (AvgIpc) is 2.75. The second-order valence-corrected chi connectivity index (χ2v) is 8.42. The molecule has 0 N–H and O–H groups in total. The fourth-order valence-electron chi connectivity index (χ4n) is 3.88. The van der Waals surface area contributed by atoms with E-state index in [0.29, 0.717) is 41.4 Å². The van der Waals surface area contributed by atoms with Crippen LogP contribution in [0.5, 0.6) is 0 Å². The number of amides is 1. The summed E-state index contributed by atoms with van der Waals surface area (Å²) in [5, 5.41) is 1.29. The van der Waals surface area contributed by atoms with Gasteiger partial charge in [-0.05, 0) is 64.9 Å². The van der Waals surface area contributed by atoms with Gasteiger partial charge in [-0.1, -0.05) is 30.3 Å². The molecule has 0 spiro atoms. The number of hydrogen-bond acceptors (Lipinski definition) is 5. The summed E-state index contributed by atoms with van der Waals surface area (Å²) in [4.78, 5) is 34.6. The van der Waals surface area contributed by atoms with Crippen molar-refractivity contribution in [2.24, 2.45) is 0 Å². The Morgan fingerprint density at radius 2 is 1.83 bits per heavy atom. The number of benzene rings is 1. The van der Waals surface area contributed by atoms with Gasteiger partial charge in [0, 0.05) is 19.6 Å². The highest BCUT2D eigenvalue weighted by Gasteiger charge is 2.16. The number of carbonyl (C=O) groups is 1. The molecule has 158 valence electrons. The van der Waals surface area contributed by atoms with E-state index in [9.17, 15) is 9.59 Å². The van der Waals surface area contributed by atoms with Crippen LogP contribution >= 0.6 is 11.8 Å². The zero-order chi connectivity index (χ0) is 20.6. The van der Waals surface area contributed by atoms with Crippen molar-refractivity contribution in [1.29, 1.82) is 0 Å². The molecule has 1 aliphatic rings. The van der Waals surface area contributed by atoms with Gasteiger partial charge in [0.05, 0.1) is 16.7 Å². The van der Waals surface area contributed by atoms with Crippen molar-refractivity contribution in [3.63, 3.8) is 0 Å². The summed E-state index contributed by atoms with van der Waals surface area (Å²) in [7, 11) is 0. The van der Waals surface area contributed by atoms with E-state index in [1.807, 2.05) is 43.0 Å². The van der Waals surface area contributed by atoms with E-state index >= 15 is 0 Å². The third kappa shape index (κ3) is 5.60. The molecule has 7 heteroatoms. The molecule has 3 rings (SSSR count). The number of thioether (sulfide) groups is 1. The van der Waals surface area contributed by atoms with Gasteiger partial charge >= 0.3 is 0 Å². The van der Waals surface area contributed by atoms with Gasteiger partial charge in [-0.3, -0.25) is 14.2 Å². The quantitative estimate of drug-likeness (QED) is 0.464. The van der Waals surface area contributed by atoms with Gasteiger partial charge in [-0.2, -0.15) is 0 Å². The monoisotopic (exact) mass is 416 g/mol. The van der Waals surface area contributed by atoms with E-state index in [2.05, 4.69) is 4.90 Å². The first-order valence-electron chi connectivity index (χ1n) is 10.8. The average molecular weight is 417 g/mol. The first kappa shape index (κ1) is 21.8. The summed E-state index contributed by atoms with van der Waals surface area (Å²) in [6, 6.07) is 7.47. The number of rotatable bonds is 9. The van der Waals surface area contributed by atoms with Crippen LogP contribution in [0.2, 0.25) is 0 Å². The Morgan fingerprint density at radius 3 is 2.55 bits per heavy atom. The Bertz CT molecular complexity index is 873. The fourth-order valence-corrected chi connectivity index (χ4v) is 4.81. The molecule has 1 saturated heterocycles. The van der Waals surface area contributed by atoms with Crippen LogP contribution in [0.4, 0.5) is 0 Å². The van der Waals surface area contributed by atoms with E-state index in [1.54, 1.807) is 4.57 Å². The van der Waals surface area contributed by atoms with Gasteiger partial charge in [0.15, 0.2) is 5.16 Å². The molecular formula is C22H32N4O2S. The highest BCUT2D eigenvalue weighted by atomic mass is 32.2. The SMILES string of the molecule is CCN(CC)C(=O)CSc1nc2ccccc2c(=O)n1CCCN1CCCCC1. The molecule has 0 atom stereocenters. The highest BCUT2D eigenvalue weighted by molar-refractivity contribution is 7.99. The Hall–Kier alpha value is -1.86. The third-order valence-electron chi connectivity index (χ3n) is 5.57. The molecule has 0 unspecified atom stereocenters. The maximum Gasteiger partial charge on any atom is 0.262 e. The van der Waals surface area contributed by atoms with Crippen molar-refractivity contribution in [1.82, 2.24) is 19.4 Å². The number of nitrogens with zero attached hydrogens (tertiary/aromatic N) is 4. The van der Waals surface area contributed by atoms with Crippen molar-refractivity contribution in [3.8, 4) is 0 Å². The van der Waals surface area contributed by atoms with Crippen LogP contribution in [0.1, 0.15) is 39.5 Å². The molecule has 2 aromatic rings. The number of fused-ring (bicyclic) bond motifs is 1. The van der Waals surface area contributed by atoms with Crippen LogP contribution in [-0.2, 0) is 11.3 Å². The fraction of sp³-hybridized carbons (Fsp3) is 0.591. The van der Waals surface area contributed by atoms with Gasteiger partial charge in [-0.15, -0.1) is 0 Å². The van der Waals surface area contributed by atoms with Crippen LogP contribution < -0.4 is 5.56 Å². The van der Waals surface area contributed by atoms with E-state index in [0.717, 1.165) is 26.1 Å². The van der Waals surface area contributed by atoms with Gasteiger partial charge < -0.3 is 9.80 Å². The predicted octanol–water partition coefficient (Wildman–Crippen LogP) is 3.23. The van der Waals surface area contributed by atoms with Crippen molar-refractivity contribution >= 4 is 28.6 Å². The summed E-state index contributed by atoms with van der Waals surface area (Å²) in [5.74, 6) is 0.390. The highest BCUT2D eigenvalue weighted by Crippen LogP contribution is 2.19. The van der Waals surface area contributed by atoms with Crippen LogP contribution in [0.25, 0.3) is 10.9 Å². The molecule has 0 radical (unpaired) electrons. The summed E-state index contributed by atoms with van der Waals surface area (Å²) in [6.45, 7) is 9.31. The maximum absolute atomic E-state index is 13.1. The smallest absolute Gasteiger partial charge is 0.262 e. The van der Waals surface area contributed by atoms with Crippen LogP contribution in [0.15, 0.2) is 34.2 Å². The van der Waals surface area contributed by atoms with Crippen molar-refractivity contribution in [2.75, 3.05) is 38.5 Å². The zero-order valence-electron chi connectivity index (χ0n) is 17.6.